The molecule has 2 heterocycles. The van der Waals surface area contributed by atoms with Crippen molar-refractivity contribution in [2.75, 3.05) is 20.3 Å². The van der Waals surface area contributed by atoms with Gasteiger partial charge in [0, 0.05) is 36.0 Å². The van der Waals surface area contributed by atoms with Crippen LogP contribution >= 0.6 is 0 Å². The lowest BCUT2D eigenvalue weighted by Crippen LogP contribution is -2.08. The molecule has 1 N–H and O–H groups in total. The van der Waals surface area contributed by atoms with Gasteiger partial charge in [0.05, 0.1) is 13.7 Å². The van der Waals surface area contributed by atoms with Crippen molar-refractivity contribution in [2.24, 2.45) is 0 Å². The Morgan fingerprint density at radius 3 is 2.77 bits per heavy atom. The van der Waals surface area contributed by atoms with Crippen LogP contribution in [0.2, 0.25) is 6.32 Å². The van der Waals surface area contributed by atoms with Crippen LogP contribution in [0, 0.1) is 0 Å². The van der Waals surface area contributed by atoms with E-state index in [1.165, 1.54) is 19.5 Å². The number of benzene rings is 1. The maximum absolute atomic E-state index is 13.9. The molecule has 1 aliphatic rings. The fraction of sp³-hybridized carbons (Fsp3) is 0.389. The van der Waals surface area contributed by atoms with E-state index in [1.54, 1.807) is 18.2 Å². The average molecular weight is 363 g/mol. The Bertz CT molecular complexity index is 775. The molecule has 2 aromatic rings. The molecule has 1 fully saturated rings. The minimum Gasteiger partial charge on any atom is -0.493 e. The van der Waals surface area contributed by atoms with Crippen molar-refractivity contribution < 1.29 is 27.9 Å². The summed E-state index contributed by atoms with van der Waals surface area (Å²) in [7, 11) is 0.593. The molecule has 26 heavy (non-hydrogen) atoms. The minimum atomic E-state index is -2.68. The van der Waals surface area contributed by atoms with E-state index < -0.39 is 13.5 Å². The fourth-order valence-corrected chi connectivity index (χ4v) is 3.22. The van der Waals surface area contributed by atoms with Gasteiger partial charge in [0.1, 0.15) is 0 Å². The summed E-state index contributed by atoms with van der Waals surface area (Å²) in [6.07, 6.45) is 0.453. The number of halogens is 2. The smallest absolute Gasteiger partial charge is 0.454 e. The van der Waals surface area contributed by atoms with Crippen molar-refractivity contribution in [3.8, 4) is 22.6 Å². The standard InChI is InChI=1S/C18H20BF2NO4/c1-3-25-16-6-11(4-5-15(16)24-2)13-8-22-9-14(17(13)18(20)21)12-7-19(23)26-10-12/h4-6,8-9,12,18,23H,3,7,10H2,1-2H3/t12-/m0/s1. The second-order valence-electron chi connectivity index (χ2n) is 6.01. The number of alkyl halides is 2. The van der Waals surface area contributed by atoms with Gasteiger partial charge in [-0.15, -0.1) is 0 Å². The lowest BCUT2D eigenvalue weighted by atomic mass is 9.78. The van der Waals surface area contributed by atoms with E-state index in [-0.39, 0.29) is 24.4 Å². The predicted octanol–water partition coefficient (Wildman–Crippen LogP) is 3.69. The van der Waals surface area contributed by atoms with Crippen LogP contribution in [0.25, 0.3) is 11.1 Å². The van der Waals surface area contributed by atoms with Crippen LogP contribution in [0.5, 0.6) is 11.5 Å². The molecule has 0 saturated carbocycles. The Balaban J connectivity index is 2.09. The first-order valence-corrected chi connectivity index (χ1v) is 8.42. The second-order valence-corrected chi connectivity index (χ2v) is 6.01. The van der Waals surface area contributed by atoms with E-state index in [1.807, 2.05) is 6.92 Å². The van der Waals surface area contributed by atoms with Crippen LogP contribution in [-0.4, -0.2) is 37.4 Å². The zero-order chi connectivity index (χ0) is 18.7. The van der Waals surface area contributed by atoms with Gasteiger partial charge in [0.15, 0.2) is 11.5 Å². The van der Waals surface area contributed by atoms with Gasteiger partial charge in [-0.3, -0.25) is 4.98 Å². The van der Waals surface area contributed by atoms with Gasteiger partial charge in [-0.05, 0) is 36.5 Å². The van der Waals surface area contributed by atoms with E-state index >= 15 is 0 Å². The number of rotatable bonds is 6. The highest BCUT2D eigenvalue weighted by molar-refractivity contribution is 6.43. The summed E-state index contributed by atoms with van der Waals surface area (Å²) in [6.45, 7) is 2.46. The maximum Gasteiger partial charge on any atom is 0.454 e. The van der Waals surface area contributed by atoms with Crippen molar-refractivity contribution in [1.82, 2.24) is 4.98 Å². The summed E-state index contributed by atoms with van der Waals surface area (Å²) < 4.78 is 43.8. The Kier molecular flexibility index (Phi) is 5.73. The third-order valence-electron chi connectivity index (χ3n) is 4.43. The van der Waals surface area contributed by atoms with Gasteiger partial charge >= 0.3 is 7.12 Å². The van der Waals surface area contributed by atoms with E-state index in [2.05, 4.69) is 4.98 Å². The summed E-state index contributed by atoms with van der Waals surface area (Å²) in [4.78, 5) is 4.15. The third-order valence-corrected chi connectivity index (χ3v) is 4.43. The minimum absolute atomic E-state index is 0.0877. The number of ether oxygens (including phenoxy) is 2. The van der Waals surface area contributed by atoms with Crippen molar-refractivity contribution in [3.05, 3.63) is 41.7 Å². The second kappa shape index (κ2) is 8.01. The molecule has 138 valence electrons. The normalized spacial score (nSPS) is 17.0. The zero-order valence-corrected chi connectivity index (χ0v) is 14.6. The van der Waals surface area contributed by atoms with Crippen LogP contribution in [0.15, 0.2) is 30.6 Å². The topological polar surface area (TPSA) is 60.8 Å². The summed E-state index contributed by atoms with van der Waals surface area (Å²) >= 11 is 0. The third kappa shape index (κ3) is 3.66. The molecule has 3 rings (SSSR count). The van der Waals surface area contributed by atoms with Crippen LogP contribution in [-0.2, 0) is 4.65 Å². The van der Waals surface area contributed by atoms with Crippen molar-refractivity contribution in [3.63, 3.8) is 0 Å². The van der Waals surface area contributed by atoms with Gasteiger partial charge in [-0.2, -0.15) is 0 Å². The highest BCUT2D eigenvalue weighted by atomic mass is 19.3. The Hall–Kier alpha value is -2.19. The van der Waals surface area contributed by atoms with E-state index in [0.29, 0.717) is 34.8 Å². The number of methoxy groups -OCH3 is 1. The van der Waals surface area contributed by atoms with Crippen molar-refractivity contribution in [2.45, 2.75) is 25.6 Å². The lowest BCUT2D eigenvalue weighted by molar-refractivity contribution is 0.150. The number of hydrogen-bond acceptors (Lipinski definition) is 5. The van der Waals surface area contributed by atoms with E-state index in [4.69, 9.17) is 14.1 Å². The number of hydrogen-bond donors (Lipinski definition) is 1. The highest BCUT2D eigenvalue weighted by Gasteiger charge is 2.33. The molecule has 8 heteroatoms. The van der Waals surface area contributed by atoms with Gasteiger partial charge in [0.25, 0.3) is 6.43 Å². The molecule has 0 bridgehead atoms. The molecule has 5 nitrogen and oxygen atoms in total. The Morgan fingerprint density at radius 2 is 2.15 bits per heavy atom. The predicted molar refractivity (Wildman–Crippen MR) is 93.8 cm³/mol. The number of aromatic nitrogens is 1. The Labute approximate surface area is 151 Å². The largest absolute Gasteiger partial charge is 0.493 e. The molecular weight excluding hydrogens is 343 g/mol. The fourth-order valence-electron chi connectivity index (χ4n) is 3.22. The quantitative estimate of drug-likeness (QED) is 0.794. The first-order valence-electron chi connectivity index (χ1n) is 8.42. The van der Waals surface area contributed by atoms with Gasteiger partial charge < -0.3 is 19.2 Å². The molecule has 1 aliphatic heterocycles. The number of nitrogens with zero attached hydrogens (tertiary/aromatic N) is 1. The maximum atomic E-state index is 13.9. The molecule has 1 atom stereocenters. The summed E-state index contributed by atoms with van der Waals surface area (Å²) in [5, 5.41) is 9.57. The zero-order valence-electron chi connectivity index (χ0n) is 14.6. The first-order chi connectivity index (χ1) is 12.5. The molecule has 0 aliphatic carbocycles. The molecule has 0 radical (unpaired) electrons. The molecular formula is C18H20BF2NO4. The molecule has 0 unspecified atom stereocenters. The highest BCUT2D eigenvalue weighted by Crippen LogP contribution is 2.41. The van der Waals surface area contributed by atoms with Gasteiger partial charge in [-0.1, -0.05) is 6.07 Å². The lowest BCUT2D eigenvalue weighted by Gasteiger charge is -2.18. The summed E-state index contributed by atoms with van der Waals surface area (Å²) in [5.74, 6) is 0.703. The van der Waals surface area contributed by atoms with Crippen LogP contribution in [0.3, 0.4) is 0 Å². The van der Waals surface area contributed by atoms with Crippen molar-refractivity contribution in [1.29, 1.82) is 0 Å². The number of pyridine rings is 1. The molecule has 0 amide bonds. The van der Waals surface area contributed by atoms with Crippen molar-refractivity contribution >= 4 is 7.12 Å². The van der Waals surface area contributed by atoms with Gasteiger partial charge in [0.2, 0.25) is 0 Å². The molecule has 1 aromatic carbocycles. The molecule has 1 aromatic heterocycles. The summed E-state index contributed by atoms with van der Waals surface area (Å²) in [6, 6.07) is 5.06. The van der Waals surface area contributed by atoms with Crippen LogP contribution in [0.1, 0.15) is 30.4 Å². The van der Waals surface area contributed by atoms with Crippen LogP contribution in [0.4, 0.5) is 8.78 Å². The van der Waals surface area contributed by atoms with E-state index in [9.17, 15) is 13.8 Å². The average Bonchev–Trinajstić information content (AvgIpc) is 3.07. The summed E-state index contributed by atoms with van der Waals surface area (Å²) in [5.41, 5.74) is 1.22. The monoisotopic (exact) mass is 363 g/mol. The Morgan fingerprint density at radius 1 is 1.35 bits per heavy atom. The molecule has 0 spiro atoms. The SMILES string of the molecule is CCOc1cc(-c2cncc([C@@H]3COB(O)C3)c2C(F)F)ccc1OC. The molecule has 1 saturated heterocycles. The van der Waals surface area contributed by atoms with E-state index in [0.717, 1.165) is 0 Å². The first kappa shape index (κ1) is 18.6. The van der Waals surface area contributed by atoms with Crippen LogP contribution < -0.4 is 9.47 Å². The van der Waals surface area contributed by atoms with Gasteiger partial charge in [-0.25, -0.2) is 8.78 Å².